The molecule has 0 bridgehead atoms. The minimum Gasteiger partial charge on any atom is -0.481 e. The van der Waals surface area contributed by atoms with Gasteiger partial charge in [0.05, 0.1) is 11.5 Å². The second-order valence-electron chi connectivity index (χ2n) is 6.21. The Kier molecular flexibility index (Phi) is 4.53. The zero-order valence-electron chi connectivity index (χ0n) is 13.9. The zero-order valence-corrected chi connectivity index (χ0v) is 13.9. The number of hydrogen-bond acceptors (Lipinski definition) is 7. The molecule has 0 radical (unpaired) electrons. The lowest BCUT2D eigenvalue weighted by Crippen LogP contribution is -2.24. The standard InChI is InChI=1S/C15H20N4O4/c1-10-16-14(17-23-10)9-18(5)11-6-7-12(19(20)21)13(8-11)22-15(2,3)4/h6-8H,9H2,1-5H3. The Hall–Kier alpha value is -2.64. The molecule has 0 amide bonds. The van der Waals surface area contributed by atoms with Crippen LogP contribution in [0.4, 0.5) is 11.4 Å². The van der Waals surface area contributed by atoms with Crippen molar-refractivity contribution in [1.82, 2.24) is 10.1 Å². The van der Waals surface area contributed by atoms with E-state index in [-0.39, 0.29) is 11.4 Å². The molecule has 2 rings (SSSR count). The number of rotatable bonds is 5. The van der Waals surface area contributed by atoms with Gasteiger partial charge in [0, 0.05) is 31.8 Å². The summed E-state index contributed by atoms with van der Waals surface area (Å²) >= 11 is 0. The monoisotopic (exact) mass is 320 g/mol. The maximum absolute atomic E-state index is 11.2. The number of anilines is 1. The van der Waals surface area contributed by atoms with E-state index < -0.39 is 10.5 Å². The molecule has 0 fully saturated rings. The fraction of sp³-hybridized carbons (Fsp3) is 0.467. The smallest absolute Gasteiger partial charge is 0.311 e. The van der Waals surface area contributed by atoms with Crippen molar-refractivity contribution < 1.29 is 14.2 Å². The van der Waals surface area contributed by atoms with Crippen LogP contribution in [-0.2, 0) is 6.54 Å². The second-order valence-corrected chi connectivity index (χ2v) is 6.21. The Balaban J connectivity index is 2.28. The number of benzene rings is 1. The fourth-order valence-electron chi connectivity index (χ4n) is 2.01. The van der Waals surface area contributed by atoms with Crippen LogP contribution in [-0.4, -0.2) is 27.7 Å². The summed E-state index contributed by atoms with van der Waals surface area (Å²) < 4.78 is 10.7. The number of nitrogens with zero attached hydrogens (tertiary/aromatic N) is 4. The summed E-state index contributed by atoms with van der Waals surface area (Å²) in [6, 6.07) is 4.76. The first-order chi connectivity index (χ1) is 10.7. The van der Waals surface area contributed by atoms with E-state index in [1.807, 2.05) is 32.7 Å². The topological polar surface area (TPSA) is 94.5 Å². The highest BCUT2D eigenvalue weighted by atomic mass is 16.6. The first kappa shape index (κ1) is 16.7. The van der Waals surface area contributed by atoms with Crippen molar-refractivity contribution in [3.05, 3.63) is 40.0 Å². The molecule has 0 N–H and O–H groups in total. The molecule has 0 saturated carbocycles. The van der Waals surface area contributed by atoms with E-state index >= 15 is 0 Å². The summed E-state index contributed by atoms with van der Waals surface area (Å²) in [6.45, 7) is 7.67. The van der Waals surface area contributed by atoms with Gasteiger partial charge in [0.15, 0.2) is 11.6 Å². The molecule has 0 aliphatic carbocycles. The highest BCUT2D eigenvalue weighted by Gasteiger charge is 2.22. The van der Waals surface area contributed by atoms with E-state index in [9.17, 15) is 10.1 Å². The lowest BCUT2D eigenvalue weighted by atomic mass is 10.1. The van der Waals surface area contributed by atoms with Crippen LogP contribution in [0.3, 0.4) is 0 Å². The van der Waals surface area contributed by atoms with Gasteiger partial charge in [-0.25, -0.2) is 0 Å². The third kappa shape index (κ3) is 4.41. The van der Waals surface area contributed by atoms with Gasteiger partial charge in [-0.05, 0) is 26.8 Å². The minimum absolute atomic E-state index is 0.0625. The molecular weight excluding hydrogens is 300 g/mol. The third-order valence-corrected chi connectivity index (χ3v) is 2.95. The van der Waals surface area contributed by atoms with Crippen LogP contribution in [0.15, 0.2) is 22.7 Å². The van der Waals surface area contributed by atoms with Crippen LogP contribution in [0, 0.1) is 17.0 Å². The van der Waals surface area contributed by atoms with Crippen LogP contribution < -0.4 is 9.64 Å². The molecule has 2 aromatic rings. The van der Waals surface area contributed by atoms with Gasteiger partial charge in [0.1, 0.15) is 5.60 Å². The second kappa shape index (κ2) is 6.23. The minimum atomic E-state index is -0.535. The molecule has 0 aliphatic heterocycles. The van der Waals surface area contributed by atoms with Crippen LogP contribution in [0.5, 0.6) is 5.75 Å². The molecule has 1 aromatic carbocycles. The van der Waals surface area contributed by atoms with E-state index in [4.69, 9.17) is 9.26 Å². The van der Waals surface area contributed by atoms with Crippen molar-refractivity contribution >= 4 is 11.4 Å². The molecule has 0 aliphatic rings. The molecule has 1 aromatic heterocycles. The average molecular weight is 320 g/mol. The summed E-state index contributed by atoms with van der Waals surface area (Å²) in [7, 11) is 1.84. The van der Waals surface area contributed by atoms with Crippen molar-refractivity contribution in [2.24, 2.45) is 0 Å². The van der Waals surface area contributed by atoms with Crippen LogP contribution >= 0.6 is 0 Å². The number of aromatic nitrogens is 2. The van der Waals surface area contributed by atoms with Crippen molar-refractivity contribution in [2.75, 3.05) is 11.9 Å². The van der Waals surface area contributed by atoms with E-state index in [0.717, 1.165) is 5.69 Å². The van der Waals surface area contributed by atoms with E-state index in [1.54, 1.807) is 19.1 Å². The van der Waals surface area contributed by atoms with Crippen LogP contribution in [0.2, 0.25) is 0 Å². The van der Waals surface area contributed by atoms with Gasteiger partial charge in [-0.15, -0.1) is 0 Å². The first-order valence-corrected chi connectivity index (χ1v) is 7.13. The lowest BCUT2D eigenvalue weighted by molar-refractivity contribution is -0.386. The quantitative estimate of drug-likeness (QED) is 0.617. The molecule has 124 valence electrons. The van der Waals surface area contributed by atoms with Crippen LogP contribution in [0.25, 0.3) is 0 Å². The molecule has 0 atom stereocenters. The number of hydrogen-bond donors (Lipinski definition) is 0. The van der Waals surface area contributed by atoms with E-state index in [2.05, 4.69) is 10.1 Å². The predicted octanol–water partition coefficient (Wildman–Crippen LogP) is 3.10. The number of nitro groups is 1. The normalized spacial score (nSPS) is 11.3. The molecular formula is C15H20N4O4. The van der Waals surface area contributed by atoms with Gasteiger partial charge >= 0.3 is 5.69 Å². The largest absolute Gasteiger partial charge is 0.481 e. The third-order valence-electron chi connectivity index (χ3n) is 2.95. The van der Waals surface area contributed by atoms with Gasteiger partial charge in [-0.3, -0.25) is 10.1 Å². The lowest BCUT2D eigenvalue weighted by Gasteiger charge is -2.23. The van der Waals surface area contributed by atoms with Gasteiger partial charge in [0.2, 0.25) is 5.89 Å². The highest BCUT2D eigenvalue weighted by molar-refractivity contribution is 5.59. The SMILES string of the molecule is Cc1nc(CN(C)c2ccc([N+](=O)[O-])c(OC(C)(C)C)c2)no1. The molecule has 0 spiro atoms. The Morgan fingerprint density at radius 2 is 2.09 bits per heavy atom. The zero-order chi connectivity index (χ0) is 17.2. The molecule has 8 heteroatoms. The summed E-state index contributed by atoms with van der Waals surface area (Å²) in [5.74, 6) is 1.27. The maximum atomic E-state index is 11.2. The molecule has 8 nitrogen and oxygen atoms in total. The Morgan fingerprint density at radius 3 is 2.61 bits per heavy atom. The number of ether oxygens (including phenoxy) is 1. The Labute approximate surface area is 134 Å². The predicted molar refractivity (Wildman–Crippen MR) is 84.6 cm³/mol. The Morgan fingerprint density at radius 1 is 1.39 bits per heavy atom. The summed E-state index contributed by atoms with van der Waals surface area (Å²) in [4.78, 5) is 16.7. The van der Waals surface area contributed by atoms with Crippen LogP contribution in [0.1, 0.15) is 32.5 Å². The van der Waals surface area contributed by atoms with Gasteiger partial charge in [-0.1, -0.05) is 5.16 Å². The first-order valence-electron chi connectivity index (χ1n) is 7.13. The summed E-state index contributed by atoms with van der Waals surface area (Å²) in [5.41, 5.74) is 0.164. The van der Waals surface area contributed by atoms with E-state index in [1.165, 1.54) is 6.07 Å². The molecule has 23 heavy (non-hydrogen) atoms. The molecule has 0 unspecified atom stereocenters. The van der Waals surface area contributed by atoms with Gasteiger partial charge < -0.3 is 14.2 Å². The molecule has 1 heterocycles. The van der Waals surface area contributed by atoms with E-state index in [0.29, 0.717) is 18.3 Å². The highest BCUT2D eigenvalue weighted by Crippen LogP contribution is 2.34. The number of aryl methyl sites for hydroxylation is 1. The van der Waals surface area contributed by atoms with Crippen molar-refractivity contribution in [3.8, 4) is 5.75 Å². The molecule has 0 saturated heterocycles. The van der Waals surface area contributed by atoms with Crippen molar-refractivity contribution in [2.45, 2.75) is 39.8 Å². The van der Waals surface area contributed by atoms with Gasteiger partial charge in [-0.2, -0.15) is 4.98 Å². The van der Waals surface area contributed by atoms with Crippen molar-refractivity contribution in [1.29, 1.82) is 0 Å². The average Bonchev–Trinajstić information content (AvgIpc) is 2.81. The summed E-state index contributed by atoms with van der Waals surface area (Å²) in [5, 5.41) is 15.0. The number of nitro benzene ring substituents is 1. The maximum Gasteiger partial charge on any atom is 0.311 e. The van der Waals surface area contributed by atoms with Crippen molar-refractivity contribution in [3.63, 3.8) is 0 Å². The summed E-state index contributed by atoms with van der Waals surface area (Å²) in [6.07, 6.45) is 0. The van der Waals surface area contributed by atoms with Gasteiger partial charge in [0.25, 0.3) is 0 Å². The fourth-order valence-corrected chi connectivity index (χ4v) is 2.01. The Bertz CT molecular complexity index is 706.